The minimum atomic E-state index is -0.762. The topological polar surface area (TPSA) is 32.3 Å². The van der Waals surface area contributed by atoms with Crippen molar-refractivity contribution in [3.8, 4) is 0 Å². The van der Waals surface area contributed by atoms with Crippen molar-refractivity contribution in [3.05, 3.63) is 99.3 Å². The summed E-state index contributed by atoms with van der Waals surface area (Å²) < 4.78 is 13.2. The highest BCUT2D eigenvalue weighted by molar-refractivity contribution is 6.42. The number of aliphatic hydroxyl groups excluding tert-OH is 1. The van der Waals surface area contributed by atoms with Crippen LogP contribution in [0.15, 0.2) is 66.7 Å². The Kier molecular flexibility index (Phi) is 6.95. The molecule has 28 heavy (non-hydrogen) atoms. The van der Waals surface area contributed by atoms with E-state index in [9.17, 15) is 9.50 Å². The molecule has 3 rings (SSSR count). The van der Waals surface area contributed by atoms with Gasteiger partial charge in [-0.1, -0.05) is 60.5 Å². The fourth-order valence-electron chi connectivity index (χ4n) is 3.09. The van der Waals surface area contributed by atoms with Gasteiger partial charge in [0.05, 0.1) is 22.2 Å². The largest absolute Gasteiger partial charge is 0.388 e. The summed E-state index contributed by atoms with van der Waals surface area (Å²) in [5.41, 5.74) is 3.77. The summed E-state index contributed by atoms with van der Waals surface area (Å²) in [7, 11) is 0. The number of aliphatic hydroxyl groups is 1. The van der Waals surface area contributed by atoms with Gasteiger partial charge >= 0.3 is 0 Å². The highest BCUT2D eigenvalue weighted by Gasteiger charge is 2.19. The number of rotatable bonds is 7. The van der Waals surface area contributed by atoms with Crippen LogP contribution in [-0.4, -0.2) is 5.11 Å². The second kappa shape index (κ2) is 9.42. The molecule has 3 aromatic carbocycles. The highest BCUT2D eigenvalue weighted by atomic mass is 35.5. The van der Waals surface area contributed by atoms with Crippen LogP contribution < -0.4 is 5.32 Å². The van der Waals surface area contributed by atoms with E-state index in [4.69, 9.17) is 23.2 Å². The molecule has 2 N–H and O–H groups in total. The van der Waals surface area contributed by atoms with Crippen molar-refractivity contribution in [2.75, 3.05) is 5.32 Å². The van der Waals surface area contributed by atoms with Crippen molar-refractivity contribution < 1.29 is 9.50 Å². The number of nitrogens with one attached hydrogen (secondary N) is 1. The molecule has 0 amide bonds. The first-order valence-corrected chi connectivity index (χ1v) is 9.96. The minimum absolute atomic E-state index is 0.206. The molecular formula is C23H22Cl2FNO. The first-order chi connectivity index (χ1) is 13.5. The number of hydrogen-bond acceptors (Lipinski definition) is 2. The maximum Gasteiger partial charge on any atom is 0.123 e. The third-order valence-electron chi connectivity index (χ3n) is 4.76. The normalized spacial score (nSPS) is 13.2. The summed E-state index contributed by atoms with van der Waals surface area (Å²) in [6.07, 6.45) is 0.598. The molecule has 0 bridgehead atoms. The van der Waals surface area contributed by atoms with Gasteiger partial charge in [-0.05, 0) is 59.5 Å². The van der Waals surface area contributed by atoms with Crippen molar-refractivity contribution in [1.82, 2.24) is 0 Å². The van der Waals surface area contributed by atoms with Gasteiger partial charge in [0.2, 0.25) is 0 Å². The lowest BCUT2D eigenvalue weighted by molar-refractivity contribution is 0.160. The van der Waals surface area contributed by atoms with Gasteiger partial charge in [-0.25, -0.2) is 4.39 Å². The lowest BCUT2D eigenvalue weighted by Gasteiger charge is -2.24. The second-order valence-electron chi connectivity index (χ2n) is 6.72. The maximum absolute atomic E-state index is 13.2. The van der Waals surface area contributed by atoms with Crippen LogP contribution >= 0.6 is 23.2 Å². The van der Waals surface area contributed by atoms with Gasteiger partial charge in [0.15, 0.2) is 0 Å². The van der Waals surface area contributed by atoms with E-state index in [2.05, 4.69) is 24.4 Å². The molecule has 0 saturated heterocycles. The molecule has 5 heteroatoms. The molecule has 0 aliphatic carbocycles. The number of anilines is 1. The van der Waals surface area contributed by atoms with Crippen molar-refractivity contribution >= 4 is 28.9 Å². The zero-order valence-electron chi connectivity index (χ0n) is 15.5. The van der Waals surface area contributed by atoms with Crippen molar-refractivity contribution in [1.29, 1.82) is 0 Å². The monoisotopic (exact) mass is 417 g/mol. The van der Waals surface area contributed by atoms with Crippen molar-refractivity contribution in [2.24, 2.45) is 0 Å². The fourth-order valence-corrected chi connectivity index (χ4v) is 3.40. The molecular weight excluding hydrogens is 396 g/mol. The SMILES string of the molecule is CCc1ccc(NC(CC(O)c2ccc(F)cc2)c2ccc(Cl)c(Cl)c2)cc1. The molecule has 0 fully saturated rings. The standard InChI is InChI=1S/C23H22Cl2FNO/c1-2-15-3-10-19(11-4-15)27-22(17-7-12-20(24)21(25)13-17)14-23(28)16-5-8-18(26)9-6-16/h3-13,22-23,27-28H,2,14H2,1H3. The third-order valence-corrected chi connectivity index (χ3v) is 5.50. The number of aryl methyl sites for hydroxylation is 1. The van der Waals surface area contributed by atoms with Gasteiger partial charge in [-0.3, -0.25) is 0 Å². The summed E-state index contributed by atoms with van der Waals surface area (Å²) in [5, 5.41) is 15.1. The fraction of sp³-hybridized carbons (Fsp3) is 0.217. The van der Waals surface area contributed by atoms with Crippen LogP contribution in [0.1, 0.15) is 42.2 Å². The Balaban J connectivity index is 1.86. The lowest BCUT2D eigenvalue weighted by atomic mass is 9.96. The van der Waals surface area contributed by atoms with E-state index in [1.807, 2.05) is 18.2 Å². The number of hydrogen-bond donors (Lipinski definition) is 2. The Hall–Kier alpha value is -2.07. The zero-order chi connectivity index (χ0) is 20.1. The van der Waals surface area contributed by atoms with Crippen LogP contribution in [0.5, 0.6) is 0 Å². The number of halogens is 3. The van der Waals surface area contributed by atoms with Crippen LogP contribution in [-0.2, 0) is 6.42 Å². The van der Waals surface area contributed by atoms with Crippen LogP contribution in [0.2, 0.25) is 10.0 Å². The van der Waals surface area contributed by atoms with E-state index < -0.39 is 6.10 Å². The molecule has 146 valence electrons. The quantitative estimate of drug-likeness (QED) is 0.434. The molecule has 2 unspecified atom stereocenters. The molecule has 0 aliphatic heterocycles. The van der Waals surface area contributed by atoms with E-state index in [1.54, 1.807) is 24.3 Å². The molecule has 0 heterocycles. The lowest BCUT2D eigenvalue weighted by Crippen LogP contribution is -2.15. The summed E-state index contributed by atoms with van der Waals surface area (Å²) in [5.74, 6) is -0.328. The smallest absolute Gasteiger partial charge is 0.123 e. The predicted molar refractivity (Wildman–Crippen MR) is 115 cm³/mol. The molecule has 0 aromatic heterocycles. The van der Waals surface area contributed by atoms with E-state index in [0.717, 1.165) is 17.7 Å². The molecule has 2 atom stereocenters. The van der Waals surface area contributed by atoms with Gasteiger partial charge < -0.3 is 10.4 Å². The van der Waals surface area contributed by atoms with Gasteiger partial charge in [0.25, 0.3) is 0 Å². The molecule has 2 nitrogen and oxygen atoms in total. The first kappa shape index (κ1) is 20.7. The summed E-state index contributed by atoms with van der Waals surface area (Å²) in [6, 6.07) is 19.3. The summed E-state index contributed by atoms with van der Waals surface area (Å²) in [4.78, 5) is 0. The van der Waals surface area contributed by atoms with E-state index >= 15 is 0 Å². The molecule has 0 saturated carbocycles. The van der Waals surface area contributed by atoms with E-state index in [0.29, 0.717) is 22.0 Å². The Bertz CT molecular complexity index is 913. The maximum atomic E-state index is 13.2. The Morgan fingerprint density at radius 3 is 2.14 bits per heavy atom. The average Bonchev–Trinajstić information content (AvgIpc) is 2.70. The molecule has 0 spiro atoms. The predicted octanol–water partition coefficient (Wildman–Crippen LogP) is 6.97. The van der Waals surface area contributed by atoms with Crippen LogP contribution in [0.3, 0.4) is 0 Å². The van der Waals surface area contributed by atoms with Crippen LogP contribution in [0.4, 0.5) is 10.1 Å². The molecule has 0 aliphatic rings. The summed E-state index contributed by atoms with van der Waals surface area (Å²) >= 11 is 12.3. The van der Waals surface area contributed by atoms with E-state index in [-0.39, 0.29) is 11.9 Å². The van der Waals surface area contributed by atoms with Crippen molar-refractivity contribution in [2.45, 2.75) is 31.9 Å². The number of benzene rings is 3. The highest BCUT2D eigenvalue weighted by Crippen LogP contribution is 2.33. The second-order valence-corrected chi connectivity index (χ2v) is 7.54. The Labute approximate surface area is 174 Å². The Morgan fingerprint density at radius 2 is 1.54 bits per heavy atom. The first-order valence-electron chi connectivity index (χ1n) is 9.20. The van der Waals surface area contributed by atoms with Crippen LogP contribution in [0, 0.1) is 5.82 Å². The summed E-state index contributed by atoms with van der Waals surface area (Å²) in [6.45, 7) is 2.11. The van der Waals surface area contributed by atoms with Crippen molar-refractivity contribution in [3.63, 3.8) is 0 Å². The van der Waals surface area contributed by atoms with Crippen LogP contribution in [0.25, 0.3) is 0 Å². The zero-order valence-corrected chi connectivity index (χ0v) is 17.0. The minimum Gasteiger partial charge on any atom is -0.388 e. The third kappa shape index (κ3) is 5.26. The molecule has 0 radical (unpaired) electrons. The van der Waals surface area contributed by atoms with E-state index in [1.165, 1.54) is 17.7 Å². The van der Waals surface area contributed by atoms with Gasteiger partial charge in [0, 0.05) is 12.1 Å². The Morgan fingerprint density at radius 1 is 0.893 bits per heavy atom. The molecule has 3 aromatic rings. The van der Waals surface area contributed by atoms with Gasteiger partial charge in [-0.2, -0.15) is 0 Å². The van der Waals surface area contributed by atoms with Gasteiger partial charge in [-0.15, -0.1) is 0 Å². The van der Waals surface area contributed by atoms with Gasteiger partial charge in [0.1, 0.15) is 5.82 Å². The average molecular weight is 418 g/mol.